The summed E-state index contributed by atoms with van der Waals surface area (Å²) in [4.78, 5) is 18.3. The average Bonchev–Trinajstić information content (AvgIpc) is 2.54. The third-order valence-corrected chi connectivity index (χ3v) is 3.13. The zero-order valence-corrected chi connectivity index (χ0v) is 12.4. The minimum atomic E-state index is -0.159. The second-order valence-electron chi connectivity index (χ2n) is 4.56. The maximum Gasteiger partial charge on any atom is 0.261 e. The van der Waals surface area contributed by atoms with Gasteiger partial charge in [0.15, 0.2) is 0 Å². The molecule has 0 fully saturated rings. The van der Waals surface area contributed by atoms with E-state index in [1.165, 1.54) is 14.2 Å². The molecule has 110 valence electrons. The van der Waals surface area contributed by atoms with Gasteiger partial charge in [-0.15, -0.1) is 0 Å². The fourth-order valence-corrected chi connectivity index (χ4v) is 2.09. The van der Waals surface area contributed by atoms with Crippen LogP contribution in [0.4, 0.5) is 0 Å². The number of hydrogen-bond acceptors (Lipinski definition) is 4. The number of benzene rings is 1. The Morgan fingerprint density at radius 2 is 1.81 bits per heavy atom. The van der Waals surface area contributed by atoms with E-state index in [4.69, 9.17) is 9.47 Å². The second kappa shape index (κ2) is 6.74. The van der Waals surface area contributed by atoms with Gasteiger partial charge < -0.3 is 14.4 Å². The van der Waals surface area contributed by atoms with Gasteiger partial charge in [-0.25, -0.2) is 0 Å². The summed E-state index contributed by atoms with van der Waals surface area (Å²) in [7, 11) is 4.81. The van der Waals surface area contributed by atoms with Crippen molar-refractivity contribution in [2.75, 3.05) is 21.3 Å². The number of rotatable bonds is 5. The molecule has 0 aliphatic rings. The van der Waals surface area contributed by atoms with Gasteiger partial charge in [-0.05, 0) is 23.8 Å². The van der Waals surface area contributed by atoms with Crippen LogP contribution in [0, 0.1) is 0 Å². The lowest BCUT2D eigenvalue weighted by molar-refractivity contribution is 0.0778. The number of nitrogens with zero attached hydrogens (tertiary/aromatic N) is 2. The fourth-order valence-electron chi connectivity index (χ4n) is 2.09. The largest absolute Gasteiger partial charge is 0.496 e. The first-order valence-electron chi connectivity index (χ1n) is 6.52. The molecule has 0 radical (unpaired) electrons. The molecule has 21 heavy (non-hydrogen) atoms. The van der Waals surface area contributed by atoms with E-state index in [2.05, 4.69) is 4.98 Å². The van der Waals surface area contributed by atoms with Crippen LogP contribution in [-0.2, 0) is 6.54 Å². The third kappa shape index (κ3) is 3.31. The smallest absolute Gasteiger partial charge is 0.261 e. The number of hydrogen-bond donors (Lipinski definition) is 0. The van der Waals surface area contributed by atoms with Gasteiger partial charge in [0.25, 0.3) is 5.91 Å². The lowest BCUT2D eigenvalue weighted by Gasteiger charge is -2.20. The Labute approximate surface area is 124 Å². The van der Waals surface area contributed by atoms with E-state index in [0.717, 1.165) is 5.56 Å². The Balaban J connectivity index is 2.27. The van der Waals surface area contributed by atoms with Crippen LogP contribution in [0.2, 0.25) is 0 Å². The molecule has 0 bridgehead atoms. The molecule has 0 saturated carbocycles. The van der Waals surface area contributed by atoms with E-state index < -0.39 is 0 Å². The number of aromatic nitrogens is 1. The number of amides is 1. The van der Waals surface area contributed by atoms with Gasteiger partial charge in [0.1, 0.15) is 17.1 Å². The lowest BCUT2D eigenvalue weighted by atomic mass is 10.1. The minimum Gasteiger partial charge on any atom is -0.496 e. The summed E-state index contributed by atoms with van der Waals surface area (Å²) in [6.07, 6.45) is 3.44. The number of pyridine rings is 1. The summed E-state index contributed by atoms with van der Waals surface area (Å²) in [6, 6.07) is 9.05. The van der Waals surface area contributed by atoms with Gasteiger partial charge in [0.05, 0.1) is 14.2 Å². The van der Waals surface area contributed by atoms with Crippen molar-refractivity contribution in [3.63, 3.8) is 0 Å². The summed E-state index contributed by atoms with van der Waals surface area (Å²) in [5.74, 6) is 0.836. The molecular weight excluding hydrogens is 268 g/mol. The Morgan fingerprint density at radius 1 is 1.14 bits per heavy atom. The highest BCUT2D eigenvalue weighted by Crippen LogP contribution is 2.29. The molecule has 0 atom stereocenters. The van der Waals surface area contributed by atoms with Crippen molar-refractivity contribution in [2.24, 2.45) is 0 Å². The van der Waals surface area contributed by atoms with Crippen LogP contribution >= 0.6 is 0 Å². The zero-order valence-electron chi connectivity index (χ0n) is 12.4. The van der Waals surface area contributed by atoms with E-state index in [1.807, 2.05) is 12.1 Å². The fraction of sp³-hybridized carbons (Fsp3) is 0.250. The van der Waals surface area contributed by atoms with Gasteiger partial charge in [-0.3, -0.25) is 9.78 Å². The molecule has 2 aromatic rings. The molecule has 1 heterocycles. The molecule has 2 rings (SSSR count). The van der Waals surface area contributed by atoms with Crippen molar-refractivity contribution >= 4 is 5.91 Å². The number of ether oxygens (including phenoxy) is 2. The first-order chi connectivity index (χ1) is 10.2. The molecule has 0 saturated heterocycles. The Bertz CT molecular complexity index is 592. The predicted molar refractivity (Wildman–Crippen MR) is 79.6 cm³/mol. The Morgan fingerprint density at radius 3 is 2.33 bits per heavy atom. The van der Waals surface area contributed by atoms with E-state index in [9.17, 15) is 4.79 Å². The second-order valence-corrected chi connectivity index (χ2v) is 4.56. The zero-order chi connectivity index (χ0) is 15.2. The monoisotopic (exact) mass is 286 g/mol. The summed E-state index contributed by atoms with van der Waals surface area (Å²) in [5, 5.41) is 0. The summed E-state index contributed by atoms with van der Waals surface area (Å²) < 4.78 is 10.5. The van der Waals surface area contributed by atoms with Crippen molar-refractivity contribution < 1.29 is 14.3 Å². The van der Waals surface area contributed by atoms with Crippen LogP contribution < -0.4 is 9.47 Å². The number of carbonyl (C=O) groups is 1. The Hall–Kier alpha value is -2.56. The molecule has 1 aromatic heterocycles. The first kappa shape index (κ1) is 14.8. The van der Waals surface area contributed by atoms with Gasteiger partial charge in [0.2, 0.25) is 0 Å². The molecular formula is C16H18N2O3. The summed E-state index contributed by atoms with van der Waals surface area (Å²) >= 11 is 0. The van der Waals surface area contributed by atoms with Gasteiger partial charge in [-0.2, -0.15) is 0 Å². The lowest BCUT2D eigenvalue weighted by Crippen LogP contribution is -2.27. The van der Waals surface area contributed by atoms with Crippen molar-refractivity contribution in [1.29, 1.82) is 0 Å². The maximum absolute atomic E-state index is 12.7. The molecule has 1 aromatic carbocycles. The van der Waals surface area contributed by atoms with Crippen molar-refractivity contribution in [3.8, 4) is 11.5 Å². The van der Waals surface area contributed by atoms with E-state index in [-0.39, 0.29) is 5.91 Å². The van der Waals surface area contributed by atoms with Crippen LogP contribution in [0.1, 0.15) is 15.9 Å². The molecule has 5 nitrogen and oxygen atoms in total. The number of methoxy groups -OCH3 is 2. The van der Waals surface area contributed by atoms with E-state index >= 15 is 0 Å². The Kier molecular flexibility index (Phi) is 4.77. The molecule has 0 aliphatic carbocycles. The summed E-state index contributed by atoms with van der Waals surface area (Å²) in [5.41, 5.74) is 1.39. The van der Waals surface area contributed by atoms with Crippen LogP contribution in [0.15, 0.2) is 42.7 Å². The van der Waals surface area contributed by atoms with Crippen molar-refractivity contribution in [2.45, 2.75) is 6.54 Å². The third-order valence-electron chi connectivity index (χ3n) is 3.13. The van der Waals surface area contributed by atoms with E-state index in [0.29, 0.717) is 23.6 Å². The van der Waals surface area contributed by atoms with Crippen LogP contribution in [-0.4, -0.2) is 37.1 Å². The highest BCUT2D eigenvalue weighted by Gasteiger charge is 2.21. The topological polar surface area (TPSA) is 51.7 Å². The quantitative estimate of drug-likeness (QED) is 0.846. The first-order valence-corrected chi connectivity index (χ1v) is 6.52. The van der Waals surface area contributed by atoms with Crippen LogP contribution in [0.5, 0.6) is 11.5 Å². The van der Waals surface area contributed by atoms with Gasteiger partial charge in [-0.1, -0.05) is 12.1 Å². The highest BCUT2D eigenvalue weighted by molar-refractivity contribution is 5.99. The SMILES string of the molecule is COc1cccc(OC)c1C(=O)N(C)Cc1cccnc1. The molecule has 5 heteroatoms. The highest BCUT2D eigenvalue weighted by atomic mass is 16.5. The van der Waals surface area contributed by atoms with Crippen LogP contribution in [0.3, 0.4) is 0 Å². The van der Waals surface area contributed by atoms with Gasteiger partial charge >= 0.3 is 0 Å². The van der Waals surface area contributed by atoms with Crippen LogP contribution in [0.25, 0.3) is 0 Å². The standard InChI is InChI=1S/C16H18N2O3/c1-18(11-12-6-5-9-17-10-12)16(19)15-13(20-2)7-4-8-14(15)21-3/h4-10H,11H2,1-3H3. The minimum absolute atomic E-state index is 0.159. The molecule has 1 amide bonds. The van der Waals surface area contributed by atoms with E-state index in [1.54, 1.807) is 42.5 Å². The predicted octanol–water partition coefficient (Wildman–Crippen LogP) is 2.37. The average molecular weight is 286 g/mol. The maximum atomic E-state index is 12.7. The molecule has 0 N–H and O–H groups in total. The summed E-state index contributed by atoms with van der Waals surface area (Å²) in [6.45, 7) is 0.466. The number of carbonyl (C=O) groups excluding carboxylic acids is 1. The molecule has 0 unspecified atom stereocenters. The molecule has 0 spiro atoms. The van der Waals surface area contributed by atoms with Crippen molar-refractivity contribution in [1.82, 2.24) is 9.88 Å². The van der Waals surface area contributed by atoms with Crippen molar-refractivity contribution in [3.05, 3.63) is 53.9 Å². The normalized spacial score (nSPS) is 10.0. The van der Waals surface area contributed by atoms with Gasteiger partial charge in [0, 0.05) is 26.0 Å². The molecule has 0 aliphatic heterocycles.